The zero-order valence-corrected chi connectivity index (χ0v) is 18.1. The molecule has 0 saturated heterocycles. The van der Waals surface area contributed by atoms with E-state index in [1.807, 2.05) is 19.1 Å². The van der Waals surface area contributed by atoms with Gasteiger partial charge >= 0.3 is 5.76 Å². The lowest BCUT2D eigenvalue weighted by Gasteiger charge is -2.10. The van der Waals surface area contributed by atoms with Crippen molar-refractivity contribution in [2.45, 2.75) is 19.8 Å². The van der Waals surface area contributed by atoms with Gasteiger partial charge in [0.15, 0.2) is 5.82 Å². The van der Waals surface area contributed by atoms with Crippen LogP contribution < -0.4 is 16.4 Å². The first kappa shape index (κ1) is 21.4. The Bertz CT molecular complexity index is 1380. The molecule has 2 aromatic heterocycles. The molecule has 0 spiro atoms. The van der Waals surface area contributed by atoms with E-state index in [2.05, 4.69) is 25.3 Å². The Morgan fingerprint density at radius 3 is 2.69 bits per heavy atom. The molecule has 0 radical (unpaired) electrons. The Morgan fingerprint density at radius 2 is 1.97 bits per heavy atom. The predicted octanol–water partition coefficient (Wildman–Crippen LogP) is 4.17. The lowest BCUT2D eigenvalue weighted by atomic mass is 10.1. The van der Waals surface area contributed by atoms with Crippen molar-refractivity contribution in [3.05, 3.63) is 63.7 Å². The van der Waals surface area contributed by atoms with Gasteiger partial charge in [-0.1, -0.05) is 29.7 Å². The van der Waals surface area contributed by atoms with E-state index in [0.717, 1.165) is 17.3 Å². The van der Waals surface area contributed by atoms with Crippen molar-refractivity contribution in [3.63, 3.8) is 0 Å². The normalized spacial score (nSPS) is 11.0. The maximum atomic E-state index is 13.1. The van der Waals surface area contributed by atoms with E-state index in [1.165, 1.54) is 0 Å². The van der Waals surface area contributed by atoms with Crippen LogP contribution in [-0.2, 0) is 11.8 Å². The smallest absolute Gasteiger partial charge is 0.340 e. The van der Waals surface area contributed by atoms with Gasteiger partial charge in [-0.25, -0.2) is 4.79 Å². The molecule has 0 bridgehead atoms. The van der Waals surface area contributed by atoms with E-state index in [9.17, 15) is 14.4 Å². The van der Waals surface area contributed by atoms with Crippen molar-refractivity contribution in [3.8, 4) is 11.4 Å². The minimum Gasteiger partial charge on any atom is -0.340 e. The number of anilines is 2. The van der Waals surface area contributed by atoms with Gasteiger partial charge in [0.05, 0.1) is 11.2 Å². The number of carbonyl (C=O) groups is 2. The Kier molecular flexibility index (Phi) is 5.83. The van der Waals surface area contributed by atoms with Crippen molar-refractivity contribution >= 4 is 45.7 Å². The number of aromatic nitrogens is 3. The average molecular weight is 454 g/mol. The van der Waals surface area contributed by atoms with E-state index in [-0.39, 0.29) is 17.6 Å². The number of aryl methyl sites for hydroxylation is 1. The number of H-pyrrole nitrogens is 1. The van der Waals surface area contributed by atoms with Crippen LogP contribution in [0.25, 0.3) is 22.3 Å². The Balaban J connectivity index is 1.64. The Labute approximate surface area is 187 Å². The van der Waals surface area contributed by atoms with E-state index in [1.54, 1.807) is 41.9 Å². The lowest BCUT2D eigenvalue weighted by Crippen LogP contribution is -2.16. The number of carbonyl (C=O) groups excluding carboxylic acids is 2. The fraction of sp³-hybridized carbons (Fsp3) is 0.182. The Hall–Kier alpha value is -3.85. The average Bonchev–Trinajstić information content (AvgIpc) is 3.33. The second-order valence-corrected chi connectivity index (χ2v) is 7.68. The standard InChI is InChI=1S/C22H20ClN5O4/c1-3-4-19(29)24-14-7-5-12-9-18(28(2)17(12)11-14)21(30)25-16-8-6-13(23)10-15(16)20-26-22(31)32-27-20/h5-11H,3-4H2,1-2H3,(H,24,29)(H,25,30)(H,26,27,31). The van der Waals surface area contributed by atoms with Crippen LogP contribution in [0.5, 0.6) is 0 Å². The van der Waals surface area contributed by atoms with Crippen LogP contribution in [-0.4, -0.2) is 26.5 Å². The molecule has 2 aromatic carbocycles. The highest BCUT2D eigenvalue weighted by Crippen LogP contribution is 2.29. The quantitative estimate of drug-likeness (QED) is 0.404. The molecule has 4 aromatic rings. The van der Waals surface area contributed by atoms with Gasteiger partial charge in [0.25, 0.3) is 5.91 Å². The summed E-state index contributed by atoms with van der Waals surface area (Å²) in [6, 6.07) is 12.0. The number of nitrogens with zero attached hydrogens (tertiary/aromatic N) is 2. The zero-order valence-electron chi connectivity index (χ0n) is 17.4. The third-order valence-corrected chi connectivity index (χ3v) is 5.20. The van der Waals surface area contributed by atoms with Gasteiger partial charge in [0.2, 0.25) is 5.91 Å². The van der Waals surface area contributed by atoms with Crippen molar-refractivity contribution < 1.29 is 14.1 Å². The van der Waals surface area contributed by atoms with Crippen molar-refractivity contribution in [2.75, 3.05) is 10.6 Å². The van der Waals surface area contributed by atoms with Gasteiger partial charge in [-0.05, 0) is 42.8 Å². The van der Waals surface area contributed by atoms with Crippen LogP contribution in [0.1, 0.15) is 30.3 Å². The number of fused-ring (bicyclic) bond motifs is 1. The second-order valence-electron chi connectivity index (χ2n) is 7.25. The van der Waals surface area contributed by atoms with Crippen LogP contribution in [0.15, 0.2) is 51.8 Å². The molecule has 4 rings (SSSR count). The maximum Gasteiger partial charge on any atom is 0.439 e. The molecule has 0 atom stereocenters. The van der Waals surface area contributed by atoms with Crippen molar-refractivity contribution in [1.82, 2.24) is 14.7 Å². The fourth-order valence-electron chi connectivity index (χ4n) is 3.43. The summed E-state index contributed by atoms with van der Waals surface area (Å²) in [4.78, 5) is 38.8. The number of aromatic amines is 1. The molecule has 0 unspecified atom stereocenters. The van der Waals surface area contributed by atoms with E-state index in [4.69, 9.17) is 11.6 Å². The third-order valence-electron chi connectivity index (χ3n) is 4.96. The van der Waals surface area contributed by atoms with Crippen molar-refractivity contribution in [2.24, 2.45) is 7.05 Å². The summed E-state index contributed by atoms with van der Waals surface area (Å²) in [5, 5.41) is 10.6. The van der Waals surface area contributed by atoms with Crippen LogP contribution in [0, 0.1) is 0 Å². The maximum absolute atomic E-state index is 13.1. The number of rotatable bonds is 6. The van der Waals surface area contributed by atoms with E-state index >= 15 is 0 Å². The van der Waals surface area contributed by atoms with E-state index in [0.29, 0.717) is 34.1 Å². The number of nitrogens with one attached hydrogen (secondary N) is 3. The summed E-state index contributed by atoms with van der Waals surface area (Å²) in [6.45, 7) is 1.94. The molecule has 0 aliphatic carbocycles. The fourth-order valence-corrected chi connectivity index (χ4v) is 3.60. The van der Waals surface area contributed by atoms with Crippen LogP contribution in [0.4, 0.5) is 11.4 Å². The molecule has 0 aliphatic rings. The predicted molar refractivity (Wildman–Crippen MR) is 122 cm³/mol. The highest BCUT2D eigenvalue weighted by molar-refractivity contribution is 6.31. The van der Waals surface area contributed by atoms with Crippen molar-refractivity contribution in [1.29, 1.82) is 0 Å². The molecule has 164 valence electrons. The summed E-state index contributed by atoms with van der Waals surface area (Å²) >= 11 is 6.08. The molecule has 0 saturated carbocycles. The summed E-state index contributed by atoms with van der Waals surface area (Å²) in [6.07, 6.45) is 1.20. The number of hydrogen-bond donors (Lipinski definition) is 3. The summed E-state index contributed by atoms with van der Waals surface area (Å²) in [5.74, 6) is -0.986. The SMILES string of the molecule is CCCC(=O)Nc1ccc2cc(C(=O)Nc3ccc(Cl)cc3-c3noc(=O)[nH]3)n(C)c2c1. The molecule has 10 heteroatoms. The number of benzene rings is 2. The van der Waals surface area contributed by atoms with Crippen LogP contribution in [0.3, 0.4) is 0 Å². The lowest BCUT2D eigenvalue weighted by molar-refractivity contribution is -0.116. The highest BCUT2D eigenvalue weighted by Gasteiger charge is 2.18. The topological polar surface area (TPSA) is 122 Å². The third kappa shape index (κ3) is 4.28. The monoisotopic (exact) mass is 453 g/mol. The summed E-state index contributed by atoms with van der Waals surface area (Å²) in [7, 11) is 1.77. The minimum atomic E-state index is -0.715. The second kappa shape index (κ2) is 8.72. The summed E-state index contributed by atoms with van der Waals surface area (Å²) in [5.41, 5.74) is 2.69. The molecular weight excluding hydrogens is 434 g/mol. The number of amides is 2. The highest BCUT2D eigenvalue weighted by atomic mass is 35.5. The van der Waals surface area contributed by atoms with Crippen LogP contribution >= 0.6 is 11.6 Å². The molecule has 9 nitrogen and oxygen atoms in total. The molecule has 0 fully saturated rings. The summed E-state index contributed by atoms with van der Waals surface area (Å²) < 4.78 is 6.31. The van der Waals surface area contributed by atoms with Gasteiger partial charge in [0.1, 0.15) is 5.69 Å². The van der Waals surface area contributed by atoms with E-state index < -0.39 is 5.76 Å². The molecule has 2 heterocycles. The first-order valence-corrected chi connectivity index (χ1v) is 10.3. The zero-order chi connectivity index (χ0) is 22.8. The number of hydrogen-bond acceptors (Lipinski definition) is 5. The molecule has 3 N–H and O–H groups in total. The van der Waals surface area contributed by atoms with Gasteiger partial charge in [0, 0.05) is 35.1 Å². The molecule has 0 aliphatic heterocycles. The first-order valence-electron chi connectivity index (χ1n) is 9.92. The minimum absolute atomic E-state index is 0.0554. The molecule has 32 heavy (non-hydrogen) atoms. The van der Waals surface area contributed by atoms with Gasteiger partial charge < -0.3 is 15.2 Å². The Morgan fingerprint density at radius 1 is 1.16 bits per heavy atom. The largest absolute Gasteiger partial charge is 0.439 e. The molecular formula is C22H20ClN5O4. The number of halogens is 1. The van der Waals surface area contributed by atoms with Crippen LogP contribution in [0.2, 0.25) is 5.02 Å². The first-order chi connectivity index (χ1) is 15.4. The van der Waals surface area contributed by atoms with Gasteiger partial charge in [-0.15, -0.1) is 0 Å². The molecule has 2 amide bonds. The van der Waals surface area contributed by atoms with Gasteiger partial charge in [-0.2, -0.15) is 0 Å². The van der Waals surface area contributed by atoms with Gasteiger partial charge in [-0.3, -0.25) is 19.1 Å².